The summed E-state index contributed by atoms with van der Waals surface area (Å²) < 4.78 is 0. The third-order valence-corrected chi connectivity index (χ3v) is 4.47. The van der Waals surface area contributed by atoms with Crippen LogP contribution in [0.25, 0.3) is 16.6 Å². The molecule has 0 amide bonds. The van der Waals surface area contributed by atoms with Crippen molar-refractivity contribution in [1.29, 1.82) is 0 Å². The van der Waals surface area contributed by atoms with Gasteiger partial charge in [0.25, 0.3) is 0 Å². The SMILES string of the molecule is C[C@H]1C=C(c2c[nH]c3ncccc23)CN(Cc2ccccc2)C1. The van der Waals surface area contributed by atoms with Gasteiger partial charge in [-0.25, -0.2) is 4.98 Å². The lowest BCUT2D eigenvalue weighted by atomic mass is 9.95. The van der Waals surface area contributed by atoms with Gasteiger partial charge < -0.3 is 4.98 Å². The normalized spacial score (nSPS) is 19.0. The fourth-order valence-electron chi connectivity index (χ4n) is 3.52. The molecule has 3 nitrogen and oxygen atoms in total. The van der Waals surface area contributed by atoms with E-state index < -0.39 is 0 Å². The Hall–Kier alpha value is -2.39. The number of H-pyrrole nitrogens is 1. The van der Waals surface area contributed by atoms with Crippen molar-refractivity contribution in [2.75, 3.05) is 13.1 Å². The van der Waals surface area contributed by atoms with Gasteiger partial charge in [-0.15, -0.1) is 0 Å². The molecule has 0 saturated carbocycles. The Morgan fingerprint density at radius 3 is 2.91 bits per heavy atom. The minimum Gasteiger partial charge on any atom is -0.346 e. The van der Waals surface area contributed by atoms with Crippen LogP contribution in [0.2, 0.25) is 0 Å². The van der Waals surface area contributed by atoms with Gasteiger partial charge in [0.2, 0.25) is 0 Å². The standard InChI is InChI=1S/C20H21N3/c1-15-10-17(19-11-22-20-18(19)8-5-9-21-20)14-23(12-15)13-16-6-3-2-4-7-16/h2-11,15H,12-14H2,1H3,(H,21,22)/t15-/m0/s1. The zero-order valence-electron chi connectivity index (χ0n) is 13.4. The van der Waals surface area contributed by atoms with Gasteiger partial charge in [-0.1, -0.05) is 43.3 Å². The van der Waals surface area contributed by atoms with Crippen molar-refractivity contribution < 1.29 is 0 Å². The van der Waals surface area contributed by atoms with E-state index in [0.29, 0.717) is 5.92 Å². The Labute approximate surface area is 136 Å². The van der Waals surface area contributed by atoms with Crippen LogP contribution in [-0.4, -0.2) is 28.0 Å². The van der Waals surface area contributed by atoms with Crippen molar-refractivity contribution in [3.05, 3.63) is 72.1 Å². The number of benzene rings is 1. The van der Waals surface area contributed by atoms with Crippen LogP contribution in [-0.2, 0) is 6.54 Å². The smallest absolute Gasteiger partial charge is 0.137 e. The molecule has 0 saturated heterocycles. The molecule has 3 heterocycles. The Kier molecular flexibility index (Phi) is 3.72. The molecule has 23 heavy (non-hydrogen) atoms. The molecule has 0 fully saturated rings. The first kappa shape index (κ1) is 14.2. The quantitative estimate of drug-likeness (QED) is 0.790. The number of aromatic nitrogens is 2. The first-order chi connectivity index (χ1) is 11.3. The molecular formula is C20H21N3. The summed E-state index contributed by atoms with van der Waals surface area (Å²) in [7, 11) is 0. The number of nitrogens with one attached hydrogen (secondary N) is 1. The van der Waals surface area contributed by atoms with E-state index in [1.807, 2.05) is 12.3 Å². The molecule has 0 unspecified atom stereocenters. The topological polar surface area (TPSA) is 31.9 Å². The van der Waals surface area contributed by atoms with Crippen LogP contribution in [0.1, 0.15) is 18.1 Å². The van der Waals surface area contributed by atoms with Crippen LogP contribution in [0.3, 0.4) is 0 Å². The fourth-order valence-corrected chi connectivity index (χ4v) is 3.52. The lowest BCUT2D eigenvalue weighted by molar-refractivity contribution is 0.264. The summed E-state index contributed by atoms with van der Waals surface area (Å²) in [5.41, 5.74) is 5.04. The first-order valence-corrected chi connectivity index (χ1v) is 8.19. The van der Waals surface area contributed by atoms with Crippen LogP contribution in [0.15, 0.2) is 60.9 Å². The Balaban J connectivity index is 1.61. The molecule has 1 aliphatic rings. The van der Waals surface area contributed by atoms with Crippen molar-refractivity contribution in [2.45, 2.75) is 13.5 Å². The maximum absolute atomic E-state index is 4.41. The van der Waals surface area contributed by atoms with Crippen LogP contribution in [0.5, 0.6) is 0 Å². The molecular weight excluding hydrogens is 282 g/mol. The van der Waals surface area contributed by atoms with Crippen LogP contribution >= 0.6 is 0 Å². The van der Waals surface area contributed by atoms with Gasteiger partial charge >= 0.3 is 0 Å². The van der Waals surface area contributed by atoms with Crippen LogP contribution in [0, 0.1) is 5.92 Å². The van der Waals surface area contributed by atoms with Crippen molar-refractivity contribution in [3.63, 3.8) is 0 Å². The highest BCUT2D eigenvalue weighted by Gasteiger charge is 2.20. The minimum absolute atomic E-state index is 0.559. The third-order valence-electron chi connectivity index (χ3n) is 4.47. The Morgan fingerprint density at radius 1 is 1.17 bits per heavy atom. The fraction of sp³-hybridized carbons (Fsp3) is 0.250. The molecule has 0 radical (unpaired) electrons. The molecule has 0 spiro atoms. The second-order valence-corrected chi connectivity index (χ2v) is 6.43. The zero-order valence-corrected chi connectivity index (χ0v) is 13.4. The van der Waals surface area contributed by atoms with E-state index in [1.54, 1.807) is 0 Å². The Bertz CT molecular complexity index is 832. The van der Waals surface area contributed by atoms with E-state index >= 15 is 0 Å². The zero-order chi connectivity index (χ0) is 15.6. The van der Waals surface area contributed by atoms with Gasteiger partial charge in [0.1, 0.15) is 5.65 Å². The molecule has 1 N–H and O–H groups in total. The average molecular weight is 303 g/mol. The second kappa shape index (κ2) is 6.01. The summed E-state index contributed by atoms with van der Waals surface area (Å²) in [6.07, 6.45) is 6.35. The lowest BCUT2D eigenvalue weighted by Gasteiger charge is -2.30. The first-order valence-electron chi connectivity index (χ1n) is 8.19. The maximum Gasteiger partial charge on any atom is 0.137 e. The number of pyridine rings is 1. The van der Waals surface area contributed by atoms with Gasteiger partial charge in [-0.05, 0) is 29.2 Å². The second-order valence-electron chi connectivity index (χ2n) is 6.43. The van der Waals surface area contributed by atoms with Crippen LogP contribution in [0.4, 0.5) is 0 Å². The summed E-state index contributed by atoms with van der Waals surface area (Å²) in [6.45, 7) is 5.40. The minimum atomic E-state index is 0.559. The molecule has 3 aromatic rings. The molecule has 1 atom stereocenters. The lowest BCUT2D eigenvalue weighted by Crippen LogP contribution is -2.33. The average Bonchev–Trinajstić information content (AvgIpc) is 2.99. The Morgan fingerprint density at radius 2 is 2.04 bits per heavy atom. The predicted molar refractivity (Wildman–Crippen MR) is 95.0 cm³/mol. The number of aromatic amines is 1. The highest BCUT2D eigenvalue weighted by molar-refractivity contribution is 5.91. The third kappa shape index (κ3) is 2.92. The number of fused-ring (bicyclic) bond motifs is 1. The molecule has 0 aliphatic carbocycles. The van der Waals surface area contributed by atoms with E-state index in [9.17, 15) is 0 Å². The molecule has 2 aromatic heterocycles. The van der Waals surface area contributed by atoms with Crippen molar-refractivity contribution >= 4 is 16.6 Å². The van der Waals surface area contributed by atoms with Crippen molar-refractivity contribution in [1.82, 2.24) is 14.9 Å². The van der Waals surface area contributed by atoms with Gasteiger partial charge in [0, 0.05) is 43.0 Å². The summed E-state index contributed by atoms with van der Waals surface area (Å²) in [5, 5.41) is 1.22. The molecule has 0 bridgehead atoms. The largest absolute Gasteiger partial charge is 0.346 e. The molecule has 4 rings (SSSR count). The van der Waals surface area contributed by atoms with E-state index in [4.69, 9.17) is 0 Å². The summed E-state index contributed by atoms with van der Waals surface area (Å²) in [4.78, 5) is 10.2. The van der Waals surface area contributed by atoms with Crippen LogP contribution < -0.4 is 0 Å². The molecule has 1 aliphatic heterocycles. The number of nitrogens with zero attached hydrogens (tertiary/aromatic N) is 2. The van der Waals surface area contributed by atoms with E-state index in [0.717, 1.165) is 25.3 Å². The van der Waals surface area contributed by atoms with E-state index in [2.05, 4.69) is 70.5 Å². The molecule has 3 heteroatoms. The maximum atomic E-state index is 4.41. The highest BCUT2D eigenvalue weighted by Crippen LogP contribution is 2.29. The monoisotopic (exact) mass is 303 g/mol. The van der Waals surface area contributed by atoms with E-state index in [1.165, 1.54) is 22.1 Å². The van der Waals surface area contributed by atoms with Crippen molar-refractivity contribution in [2.24, 2.45) is 5.92 Å². The number of rotatable bonds is 3. The number of hydrogen-bond acceptors (Lipinski definition) is 2. The summed E-state index contributed by atoms with van der Waals surface area (Å²) in [6, 6.07) is 14.9. The van der Waals surface area contributed by atoms with Gasteiger partial charge in [-0.2, -0.15) is 0 Å². The molecule has 1 aromatic carbocycles. The van der Waals surface area contributed by atoms with Gasteiger partial charge in [0.15, 0.2) is 0 Å². The van der Waals surface area contributed by atoms with Crippen molar-refractivity contribution in [3.8, 4) is 0 Å². The van der Waals surface area contributed by atoms with Gasteiger partial charge in [0.05, 0.1) is 0 Å². The molecule has 116 valence electrons. The van der Waals surface area contributed by atoms with E-state index in [-0.39, 0.29) is 0 Å². The van der Waals surface area contributed by atoms with Gasteiger partial charge in [-0.3, -0.25) is 4.90 Å². The summed E-state index contributed by atoms with van der Waals surface area (Å²) >= 11 is 0. The predicted octanol–water partition coefficient (Wildman–Crippen LogP) is 4.10. The highest BCUT2D eigenvalue weighted by atomic mass is 15.1. The number of hydrogen-bond donors (Lipinski definition) is 1. The summed E-state index contributed by atoms with van der Waals surface area (Å²) in [5.74, 6) is 0.559.